The van der Waals surface area contributed by atoms with Crippen LogP contribution in [-0.4, -0.2) is 37.2 Å². The first kappa shape index (κ1) is 41.0. The first-order chi connectivity index (χ1) is 25.3. The second-order valence-electron chi connectivity index (χ2n) is 13.2. The van der Waals surface area contributed by atoms with Crippen molar-refractivity contribution >= 4 is 50.9 Å². The van der Waals surface area contributed by atoms with Crippen LogP contribution in [0.3, 0.4) is 0 Å². The molecule has 0 N–H and O–H groups in total. The van der Waals surface area contributed by atoms with Crippen molar-refractivity contribution in [3.05, 3.63) is 82.2 Å². The van der Waals surface area contributed by atoms with Crippen LogP contribution in [0.1, 0.15) is 131 Å². The maximum Gasteiger partial charge on any atom is 0.355 e. The summed E-state index contributed by atoms with van der Waals surface area (Å²) in [5.74, 6) is -0.681. The van der Waals surface area contributed by atoms with E-state index in [0.717, 1.165) is 41.5 Å². The van der Waals surface area contributed by atoms with Crippen LogP contribution in [-0.2, 0) is 14.3 Å². The van der Waals surface area contributed by atoms with E-state index in [0.29, 0.717) is 35.7 Å². The average Bonchev–Trinajstić information content (AvgIpc) is 3.49. The van der Waals surface area contributed by atoms with Gasteiger partial charge in [-0.25, -0.2) is 14.4 Å². The fourth-order valence-electron chi connectivity index (χ4n) is 5.80. The smallest absolute Gasteiger partial charge is 0.355 e. The zero-order valence-corrected chi connectivity index (χ0v) is 32.5. The Kier molecular flexibility index (Phi) is 17.7. The Labute approximate surface area is 318 Å². The van der Waals surface area contributed by atoms with Crippen LogP contribution in [0, 0.1) is 0 Å². The maximum atomic E-state index is 13.1. The molecule has 0 fully saturated rings. The third kappa shape index (κ3) is 13.0. The van der Waals surface area contributed by atoms with E-state index in [1.807, 2.05) is 24.3 Å². The first-order valence-electron chi connectivity index (χ1n) is 19.0. The van der Waals surface area contributed by atoms with Gasteiger partial charge in [-0.1, -0.05) is 127 Å². The Balaban J connectivity index is 1.24. The molecule has 0 bridgehead atoms. The summed E-state index contributed by atoms with van der Waals surface area (Å²) in [7, 11) is 0. The van der Waals surface area contributed by atoms with Crippen LogP contribution < -0.4 is 9.47 Å². The summed E-state index contributed by atoms with van der Waals surface area (Å²) in [5.41, 5.74) is 2.33. The number of carbonyl (C=O) groups is 3. The standard InChI is InChI=1S/C43H53ClO7S/c1-4-6-8-10-12-13-15-16-28-48-31(3)41(45)51-36-26-27-38-37(30-36)39(44)40(52-38)43(47)50-35-24-22-33(23-25-35)32-18-20-34(21-19-32)42(46)49-29-17-14-11-9-7-5-2/h18-27,30-31H,4-17,28-29H2,1-3H3/t31-/m0/s1. The molecule has 52 heavy (non-hydrogen) atoms. The van der Waals surface area contributed by atoms with Crippen LogP contribution in [0.25, 0.3) is 21.2 Å². The average molecular weight is 749 g/mol. The molecule has 0 saturated heterocycles. The third-order valence-electron chi connectivity index (χ3n) is 8.95. The minimum absolute atomic E-state index is 0.240. The van der Waals surface area contributed by atoms with Crippen LogP contribution in [0.2, 0.25) is 5.02 Å². The quantitative estimate of drug-likeness (QED) is 0.0424. The zero-order valence-electron chi connectivity index (χ0n) is 30.9. The lowest BCUT2D eigenvalue weighted by Gasteiger charge is -2.12. The normalized spacial score (nSPS) is 11.8. The molecule has 1 atom stereocenters. The van der Waals surface area contributed by atoms with E-state index in [4.69, 9.17) is 30.5 Å². The molecule has 0 saturated carbocycles. The third-order valence-corrected chi connectivity index (χ3v) is 10.6. The fourth-order valence-corrected chi connectivity index (χ4v) is 7.16. The van der Waals surface area contributed by atoms with Crippen molar-refractivity contribution in [1.29, 1.82) is 0 Å². The highest BCUT2D eigenvalue weighted by Crippen LogP contribution is 2.38. The molecule has 0 aliphatic carbocycles. The molecule has 280 valence electrons. The summed E-state index contributed by atoms with van der Waals surface area (Å²) < 4.78 is 23.2. The predicted molar refractivity (Wildman–Crippen MR) is 211 cm³/mol. The van der Waals surface area contributed by atoms with Gasteiger partial charge in [0.2, 0.25) is 0 Å². The second kappa shape index (κ2) is 22.4. The number of hydrogen-bond acceptors (Lipinski definition) is 8. The molecule has 4 aromatic rings. The Morgan fingerprint density at radius 2 is 1.17 bits per heavy atom. The van der Waals surface area contributed by atoms with E-state index < -0.39 is 18.0 Å². The van der Waals surface area contributed by atoms with Crippen molar-refractivity contribution in [3.8, 4) is 22.6 Å². The SMILES string of the molecule is CCCCCCCCCCO[C@@H](C)C(=O)Oc1ccc2sc(C(=O)Oc3ccc(-c4ccc(C(=O)OCCCCCCCC)cc4)cc3)c(Cl)c2c1. The van der Waals surface area contributed by atoms with Gasteiger partial charge in [0, 0.05) is 16.7 Å². The van der Waals surface area contributed by atoms with E-state index in [1.54, 1.807) is 49.4 Å². The van der Waals surface area contributed by atoms with Crippen LogP contribution in [0.4, 0.5) is 0 Å². The monoisotopic (exact) mass is 748 g/mol. The number of carbonyl (C=O) groups excluding carboxylic acids is 3. The van der Waals surface area contributed by atoms with Crippen molar-refractivity contribution in [3.63, 3.8) is 0 Å². The molecule has 0 aliphatic heterocycles. The summed E-state index contributed by atoms with van der Waals surface area (Å²) in [4.78, 5) is 38.5. The number of unbranched alkanes of at least 4 members (excludes halogenated alkanes) is 12. The minimum atomic E-state index is -0.696. The van der Waals surface area contributed by atoms with Gasteiger partial charge in [0.15, 0.2) is 6.10 Å². The summed E-state index contributed by atoms with van der Waals surface area (Å²) in [6, 6.07) is 19.5. The predicted octanol–water partition coefficient (Wildman–Crippen LogP) is 12.4. The molecule has 4 rings (SSSR count). The van der Waals surface area contributed by atoms with E-state index in [2.05, 4.69) is 13.8 Å². The Hall–Kier alpha value is -3.72. The summed E-state index contributed by atoms with van der Waals surface area (Å²) >= 11 is 7.86. The number of rotatable bonds is 23. The number of esters is 3. The van der Waals surface area contributed by atoms with E-state index >= 15 is 0 Å². The maximum absolute atomic E-state index is 13.1. The molecule has 0 amide bonds. The second-order valence-corrected chi connectivity index (χ2v) is 14.6. The largest absolute Gasteiger partial charge is 0.462 e. The molecule has 0 spiro atoms. The number of fused-ring (bicyclic) bond motifs is 1. The van der Waals surface area contributed by atoms with Gasteiger partial charge in [0.1, 0.15) is 16.4 Å². The number of benzene rings is 3. The Morgan fingerprint density at radius 3 is 1.79 bits per heavy atom. The van der Waals surface area contributed by atoms with Gasteiger partial charge in [-0.15, -0.1) is 11.3 Å². The number of hydrogen-bond donors (Lipinski definition) is 0. The lowest BCUT2D eigenvalue weighted by atomic mass is 10.0. The Bertz CT molecular complexity index is 1700. The van der Waals surface area contributed by atoms with Gasteiger partial charge in [-0.3, -0.25) is 0 Å². The van der Waals surface area contributed by atoms with Crippen molar-refractivity contribution in [1.82, 2.24) is 0 Å². The lowest BCUT2D eigenvalue weighted by Crippen LogP contribution is -2.26. The number of ether oxygens (including phenoxy) is 4. The number of thiophene rings is 1. The molecule has 0 radical (unpaired) electrons. The molecular formula is C43H53ClO7S. The highest BCUT2D eigenvalue weighted by atomic mass is 35.5. The van der Waals surface area contributed by atoms with E-state index in [-0.39, 0.29) is 15.9 Å². The molecule has 7 nitrogen and oxygen atoms in total. The van der Waals surface area contributed by atoms with Gasteiger partial charge in [0.05, 0.1) is 17.2 Å². The highest BCUT2D eigenvalue weighted by molar-refractivity contribution is 7.21. The molecule has 0 unspecified atom stereocenters. The molecule has 9 heteroatoms. The summed E-state index contributed by atoms with van der Waals surface area (Å²) in [6.07, 6.45) is 15.7. The molecule has 0 aliphatic rings. The molecule has 1 heterocycles. The minimum Gasteiger partial charge on any atom is -0.462 e. The number of halogens is 1. The van der Waals surface area contributed by atoms with Crippen LogP contribution >= 0.6 is 22.9 Å². The van der Waals surface area contributed by atoms with Crippen molar-refractivity contribution in [2.75, 3.05) is 13.2 Å². The van der Waals surface area contributed by atoms with E-state index in [1.165, 1.54) is 75.5 Å². The molecular weight excluding hydrogens is 696 g/mol. The highest BCUT2D eigenvalue weighted by Gasteiger charge is 2.21. The van der Waals surface area contributed by atoms with Crippen LogP contribution in [0.5, 0.6) is 11.5 Å². The Morgan fingerprint density at radius 1 is 0.635 bits per heavy atom. The summed E-state index contributed by atoms with van der Waals surface area (Å²) in [5, 5.41) is 0.839. The van der Waals surface area contributed by atoms with Gasteiger partial charge < -0.3 is 18.9 Å². The van der Waals surface area contributed by atoms with Crippen molar-refractivity contribution in [2.45, 2.75) is 117 Å². The first-order valence-corrected chi connectivity index (χ1v) is 20.1. The van der Waals surface area contributed by atoms with Crippen LogP contribution in [0.15, 0.2) is 66.7 Å². The lowest BCUT2D eigenvalue weighted by molar-refractivity contribution is -0.146. The van der Waals surface area contributed by atoms with Crippen molar-refractivity contribution in [2.24, 2.45) is 0 Å². The molecule has 3 aromatic carbocycles. The van der Waals surface area contributed by atoms with Gasteiger partial charge in [-0.05, 0) is 73.4 Å². The summed E-state index contributed by atoms with van der Waals surface area (Å²) in [6.45, 7) is 7.05. The fraction of sp³-hybridized carbons (Fsp3) is 0.465. The van der Waals surface area contributed by atoms with Gasteiger partial charge >= 0.3 is 17.9 Å². The molecule has 1 aromatic heterocycles. The van der Waals surface area contributed by atoms with Gasteiger partial charge in [-0.2, -0.15) is 0 Å². The van der Waals surface area contributed by atoms with Crippen molar-refractivity contribution < 1.29 is 33.3 Å². The van der Waals surface area contributed by atoms with E-state index in [9.17, 15) is 14.4 Å². The topological polar surface area (TPSA) is 88.1 Å². The zero-order chi connectivity index (χ0) is 37.1. The van der Waals surface area contributed by atoms with Gasteiger partial charge in [0.25, 0.3) is 0 Å².